The Morgan fingerprint density at radius 3 is 2.50 bits per heavy atom. The lowest BCUT2D eigenvalue weighted by atomic mass is 10.3. The van der Waals surface area contributed by atoms with Crippen LogP contribution in [-0.2, 0) is 19.6 Å². The Bertz CT molecular complexity index is 977. The third-order valence-corrected chi connectivity index (χ3v) is 7.07. The number of anilines is 2. The molecular weight excluding hydrogens is 426 g/mol. The van der Waals surface area contributed by atoms with E-state index in [1.165, 1.54) is 31.2 Å². The van der Waals surface area contributed by atoms with Gasteiger partial charge in [-0.15, -0.1) is 11.3 Å². The second-order valence-corrected chi connectivity index (χ2v) is 9.62. The SMILES string of the molecule is CC(=O)Nc1ccc(S(=O)(=O)N[C@@H](C)C(=O)N2CCCN(c3nccs3)CC2)cc1. The summed E-state index contributed by atoms with van der Waals surface area (Å²) in [5, 5.41) is 5.43. The first-order valence-corrected chi connectivity index (χ1v) is 12.0. The van der Waals surface area contributed by atoms with E-state index in [1.54, 1.807) is 29.4 Å². The van der Waals surface area contributed by atoms with Gasteiger partial charge in [0.2, 0.25) is 21.8 Å². The van der Waals surface area contributed by atoms with Crippen LogP contribution in [0.5, 0.6) is 0 Å². The molecule has 1 aliphatic rings. The number of nitrogens with one attached hydrogen (secondary N) is 2. The Morgan fingerprint density at radius 2 is 1.87 bits per heavy atom. The number of aromatic nitrogens is 1. The normalized spacial score (nSPS) is 16.1. The number of thiazole rings is 1. The number of hydrogen-bond acceptors (Lipinski definition) is 7. The fourth-order valence-electron chi connectivity index (χ4n) is 3.25. The molecule has 2 aromatic rings. The summed E-state index contributed by atoms with van der Waals surface area (Å²) in [5.74, 6) is -0.497. The minimum absolute atomic E-state index is 0.0297. The number of rotatable bonds is 6. The van der Waals surface area contributed by atoms with E-state index in [9.17, 15) is 18.0 Å². The summed E-state index contributed by atoms with van der Waals surface area (Å²) in [5.41, 5.74) is 0.500. The van der Waals surface area contributed by atoms with E-state index >= 15 is 0 Å². The van der Waals surface area contributed by atoms with Crippen LogP contribution in [0.4, 0.5) is 10.8 Å². The van der Waals surface area contributed by atoms with Crippen LogP contribution < -0.4 is 14.9 Å². The number of amides is 2. The number of sulfonamides is 1. The summed E-state index contributed by atoms with van der Waals surface area (Å²) in [6, 6.07) is 4.90. The van der Waals surface area contributed by atoms with Crippen molar-refractivity contribution in [3.8, 4) is 0 Å². The zero-order valence-corrected chi connectivity index (χ0v) is 18.5. The lowest BCUT2D eigenvalue weighted by Crippen LogP contribution is -2.47. The van der Waals surface area contributed by atoms with Gasteiger partial charge in [-0.3, -0.25) is 9.59 Å². The molecule has 3 rings (SSSR count). The summed E-state index contributed by atoms with van der Waals surface area (Å²) < 4.78 is 27.8. The Morgan fingerprint density at radius 1 is 1.13 bits per heavy atom. The molecule has 2 heterocycles. The summed E-state index contributed by atoms with van der Waals surface area (Å²) >= 11 is 1.56. The predicted molar refractivity (Wildman–Crippen MR) is 116 cm³/mol. The fourth-order valence-corrected chi connectivity index (χ4v) is 5.14. The Kier molecular flexibility index (Phi) is 7.06. The smallest absolute Gasteiger partial charge is 0.241 e. The largest absolute Gasteiger partial charge is 0.346 e. The molecule has 0 spiro atoms. The van der Waals surface area contributed by atoms with Crippen molar-refractivity contribution in [3.05, 3.63) is 35.8 Å². The molecule has 9 nitrogen and oxygen atoms in total. The van der Waals surface area contributed by atoms with Crippen molar-refractivity contribution < 1.29 is 18.0 Å². The summed E-state index contributed by atoms with van der Waals surface area (Å²) in [4.78, 5) is 32.1. The molecule has 2 N–H and O–H groups in total. The van der Waals surface area contributed by atoms with Gasteiger partial charge in [0, 0.05) is 50.4 Å². The molecule has 1 fully saturated rings. The van der Waals surface area contributed by atoms with E-state index in [-0.39, 0.29) is 16.7 Å². The van der Waals surface area contributed by atoms with Gasteiger partial charge in [0.05, 0.1) is 10.9 Å². The summed E-state index contributed by atoms with van der Waals surface area (Å²) in [7, 11) is -3.87. The van der Waals surface area contributed by atoms with Gasteiger partial charge < -0.3 is 15.1 Å². The number of carbonyl (C=O) groups excluding carboxylic acids is 2. The Balaban J connectivity index is 1.60. The van der Waals surface area contributed by atoms with Crippen molar-refractivity contribution in [1.29, 1.82) is 0 Å². The van der Waals surface area contributed by atoms with Gasteiger partial charge in [0.25, 0.3) is 0 Å². The second-order valence-electron chi connectivity index (χ2n) is 7.03. The highest BCUT2D eigenvalue weighted by atomic mass is 32.2. The average molecular weight is 452 g/mol. The second kappa shape index (κ2) is 9.54. The van der Waals surface area contributed by atoms with Crippen LogP contribution >= 0.6 is 11.3 Å². The average Bonchev–Trinajstić information content (AvgIpc) is 3.12. The van der Waals surface area contributed by atoms with Gasteiger partial charge in [-0.1, -0.05) is 0 Å². The summed E-state index contributed by atoms with van der Waals surface area (Å²) in [6.45, 7) is 5.46. The van der Waals surface area contributed by atoms with Crippen molar-refractivity contribution in [2.24, 2.45) is 0 Å². The molecule has 0 bridgehead atoms. The topological polar surface area (TPSA) is 112 Å². The highest BCUT2D eigenvalue weighted by molar-refractivity contribution is 7.89. The van der Waals surface area contributed by atoms with E-state index < -0.39 is 16.1 Å². The maximum absolute atomic E-state index is 12.8. The van der Waals surface area contributed by atoms with Crippen LogP contribution in [-0.4, -0.2) is 62.3 Å². The van der Waals surface area contributed by atoms with E-state index in [2.05, 4.69) is 19.9 Å². The highest BCUT2D eigenvalue weighted by Gasteiger charge is 2.27. The number of hydrogen-bond donors (Lipinski definition) is 2. The van der Waals surface area contributed by atoms with Crippen molar-refractivity contribution >= 4 is 44.0 Å². The van der Waals surface area contributed by atoms with E-state index in [4.69, 9.17) is 0 Å². The molecule has 2 amide bonds. The standard InChI is InChI=1S/C19H25N5O4S2/c1-14(22-30(27,28)17-6-4-16(5-7-17)21-15(2)25)18(26)23-9-3-10-24(12-11-23)19-20-8-13-29-19/h4-8,13-14,22H,3,9-12H2,1-2H3,(H,21,25)/t14-/m0/s1. The van der Waals surface area contributed by atoms with Crippen LogP contribution in [0.3, 0.4) is 0 Å². The molecule has 11 heteroatoms. The maximum atomic E-state index is 12.8. The van der Waals surface area contributed by atoms with Crippen LogP contribution in [0.1, 0.15) is 20.3 Å². The molecule has 162 valence electrons. The first-order valence-electron chi connectivity index (χ1n) is 9.59. The number of carbonyl (C=O) groups is 2. The van der Waals surface area contributed by atoms with Crippen LogP contribution in [0.2, 0.25) is 0 Å². The Hall–Kier alpha value is -2.50. The monoisotopic (exact) mass is 451 g/mol. The van der Waals surface area contributed by atoms with E-state index in [1.807, 2.05) is 5.38 Å². The molecule has 1 aromatic heterocycles. The molecule has 1 atom stereocenters. The van der Waals surface area contributed by atoms with Gasteiger partial charge in [-0.2, -0.15) is 4.72 Å². The van der Waals surface area contributed by atoms with Crippen LogP contribution in [0.25, 0.3) is 0 Å². The van der Waals surface area contributed by atoms with Gasteiger partial charge in [0.1, 0.15) is 0 Å². The molecule has 1 aliphatic heterocycles. The number of nitrogens with zero attached hydrogens (tertiary/aromatic N) is 3. The van der Waals surface area contributed by atoms with E-state index in [0.717, 1.165) is 18.1 Å². The third-order valence-electron chi connectivity index (χ3n) is 4.68. The zero-order chi connectivity index (χ0) is 21.7. The minimum atomic E-state index is -3.87. The molecule has 0 radical (unpaired) electrons. The lowest BCUT2D eigenvalue weighted by Gasteiger charge is -2.25. The molecule has 0 aliphatic carbocycles. The van der Waals surface area contributed by atoms with Crippen LogP contribution in [0.15, 0.2) is 40.7 Å². The quantitative estimate of drug-likeness (QED) is 0.689. The van der Waals surface area contributed by atoms with Crippen LogP contribution in [0, 0.1) is 0 Å². The van der Waals surface area contributed by atoms with Crippen molar-refractivity contribution in [2.45, 2.75) is 31.2 Å². The lowest BCUT2D eigenvalue weighted by molar-refractivity contribution is -0.132. The molecule has 0 saturated carbocycles. The zero-order valence-electron chi connectivity index (χ0n) is 16.9. The highest BCUT2D eigenvalue weighted by Crippen LogP contribution is 2.19. The third kappa shape index (κ3) is 5.55. The van der Waals surface area contributed by atoms with Crippen molar-refractivity contribution in [2.75, 3.05) is 36.4 Å². The van der Waals surface area contributed by atoms with Gasteiger partial charge in [0.15, 0.2) is 5.13 Å². The van der Waals surface area contributed by atoms with Gasteiger partial charge >= 0.3 is 0 Å². The van der Waals surface area contributed by atoms with Crippen molar-refractivity contribution in [3.63, 3.8) is 0 Å². The molecular formula is C19H25N5O4S2. The van der Waals surface area contributed by atoms with Gasteiger partial charge in [-0.25, -0.2) is 13.4 Å². The molecule has 1 aromatic carbocycles. The van der Waals surface area contributed by atoms with Crippen molar-refractivity contribution in [1.82, 2.24) is 14.6 Å². The van der Waals surface area contributed by atoms with Gasteiger partial charge in [-0.05, 0) is 37.6 Å². The number of benzene rings is 1. The minimum Gasteiger partial charge on any atom is -0.346 e. The first kappa shape index (κ1) is 22.2. The predicted octanol–water partition coefficient (Wildman–Crippen LogP) is 1.51. The molecule has 30 heavy (non-hydrogen) atoms. The van der Waals surface area contributed by atoms with E-state index in [0.29, 0.717) is 25.3 Å². The Labute approximate surface area is 180 Å². The maximum Gasteiger partial charge on any atom is 0.241 e. The molecule has 1 saturated heterocycles. The molecule has 0 unspecified atom stereocenters. The first-order chi connectivity index (χ1) is 14.3. The summed E-state index contributed by atoms with van der Waals surface area (Å²) in [6.07, 6.45) is 2.54. The fraction of sp³-hybridized carbons (Fsp3) is 0.421.